The number of benzene rings is 1. The molecule has 1 aliphatic carbocycles. The van der Waals surface area contributed by atoms with Gasteiger partial charge in [-0.25, -0.2) is 0 Å². The van der Waals surface area contributed by atoms with Crippen molar-refractivity contribution < 1.29 is 4.79 Å². The maximum Gasteiger partial charge on any atom is 0.284 e. The third-order valence-corrected chi connectivity index (χ3v) is 3.53. The lowest BCUT2D eigenvalue weighted by atomic mass is 10.4. The van der Waals surface area contributed by atoms with E-state index in [9.17, 15) is 4.79 Å². The fourth-order valence-corrected chi connectivity index (χ4v) is 2.19. The van der Waals surface area contributed by atoms with Gasteiger partial charge < -0.3 is 5.32 Å². The summed E-state index contributed by atoms with van der Waals surface area (Å²) in [7, 11) is 0. The van der Waals surface area contributed by atoms with E-state index in [-0.39, 0.29) is 5.24 Å². The Balaban J connectivity index is 1.97. The van der Waals surface area contributed by atoms with Crippen molar-refractivity contribution in [1.29, 1.82) is 0 Å². The Hall–Kier alpha value is -0.380. The van der Waals surface area contributed by atoms with E-state index in [0.717, 1.165) is 29.5 Å². The molecule has 0 unspecified atom stereocenters. The summed E-state index contributed by atoms with van der Waals surface area (Å²) in [6, 6.07) is 5.55. The lowest BCUT2D eigenvalue weighted by Gasteiger charge is -2.03. The van der Waals surface area contributed by atoms with Gasteiger partial charge in [0.1, 0.15) is 0 Å². The Morgan fingerprint density at radius 1 is 1.33 bits per heavy atom. The van der Waals surface area contributed by atoms with Crippen molar-refractivity contribution in [3.05, 3.63) is 28.2 Å². The highest BCUT2D eigenvalue weighted by Gasteiger charge is 2.23. The summed E-state index contributed by atoms with van der Waals surface area (Å²) in [5.41, 5.74) is 0. The van der Waals surface area contributed by atoms with E-state index in [1.54, 1.807) is 18.2 Å². The molecule has 0 bridgehead atoms. The second kappa shape index (κ2) is 4.64. The van der Waals surface area contributed by atoms with Crippen LogP contribution in [0.2, 0.25) is 10.0 Å². The van der Waals surface area contributed by atoms with Crippen LogP contribution in [0.15, 0.2) is 23.1 Å². The normalized spacial score (nSPS) is 15.1. The van der Waals surface area contributed by atoms with Crippen LogP contribution in [0, 0.1) is 0 Å². The number of amides is 1. The summed E-state index contributed by atoms with van der Waals surface area (Å²) in [5.74, 6) is 0. The molecule has 0 spiro atoms. The van der Waals surface area contributed by atoms with Gasteiger partial charge in [0.25, 0.3) is 5.24 Å². The highest BCUT2D eigenvalue weighted by molar-refractivity contribution is 8.13. The molecule has 0 aromatic heterocycles. The lowest BCUT2D eigenvalue weighted by molar-refractivity contribution is 0.260. The molecule has 0 atom stereocenters. The first-order valence-electron chi connectivity index (χ1n) is 4.58. The highest BCUT2D eigenvalue weighted by atomic mass is 35.5. The number of halogens is 2. The van der Waals surface area contributed by atoms with E-state index < -0.39 is 0 Å². The second-order valence-corrected chi connectivity index (χ2v) is 5.24. The molecule has 2 nitrogen and oxygen atoms in total. The van der Waals surface area contributed by atoms with Gasteiger partial charge in [-0.2, -0.15) is 0 Å². The zero-order chi connectivity index (χ0) is 10.8. The number of hydrogen-bond acceptors (Lipinski definition) is 2. The van der Waals surface area contributed by atoms with E-state index in [1.165, 1.54) is 0 Å². The van der Waals surface area contributed by atoms with Gasteiger partial charge >= 0.3 is 0 Å². The molecule has 1 fully saturated rings. The van der Waals surface area contributed by atoms with Gasteiger partial charge in [-0.3, -0.25) is 4.79 Å². The molecule has 0 radical (unpaired) electrons. The molecule has 15 heavy (non-hydrogen) atoms. The Bertz CT molecular complexity index is 393. The molecular weight excluding hydrogens is 253 g/mol. The molecule has 5 heteroatoms. The SMILES string of the molecule is O=C(NC1CC1)Sc1ccc(Cl)c(Cl)c1. The molecule has 1 aromatic rings. The number of carbonyl (C=O) groups excluding carboxylic acids is 1. The van der Waals surface area contributed by atoms with Crippen LogP contribution in [0.3, 0.4) is 0 Å². The van der Waals surface area contributed by atoms with Gasteiger partial charge in [0.15, 0.2) is 0 Å². The molecule has 1 amide bonds. The molecule has 1 saturated carbocycles. The summed E-state index contributed by atoms with van der Waals surface area (Å²) < 4.78 is 0. The number of carbonyl (C=O) groups is 1. The van der Waals surface area contributed by atoms with E-state index in [0.29, 0.717) is 16.1 Å². The fraction of sp³-hybridized carbons (Fsp3) is 0.300. The minimum absolute atomic E-state index is 0.0316. The van der Waals surface area contributed by atoms with E-state index in [2.05, 4.69) is 5.32 Å². The highest BCUT2D eigenvalue weighted by Crippen LogP contribution is 2.29. The number of thioether (sulfide) groups is 1. The Kier molecular flexibility index (Phi) is 3.44. The Morgan fingerprint density at radius 3 is 2.67 bits per heavy atom. The average molecular weight is 262 g/mol. The third kappa shape index (κ3) is 3.30. The molecule has 0 heterocycles. The third-order valence-electron chi connectivity index (χ3n) is 2.00. The van der Waals surface area contributed by atoms with Gasteiger partial charge in [-0.1, -0.05) is 23.2 Å². The first kappa shape index (κ1) is 11.1. The van der Waals surface area contributed by atoms with Crippen LogP contribution >= 0.6 is 35.0 Å². The van der Waals surface area contributed by atoms with Crippen LogP contribution in [0.4, 0.5) is 4.79 Å². The first-order valence-corrected chi connectivity index (χ1v) is 6.16. The Morgan fingerprint density at radius 2 is 2.07 bits per heavy atom. The summed E-state index contributed by atoms with van der Waals surface area (Å²) in [5, 5.41) is 3.83. The zero-order valence-electron chi connectivity index (χ0n) is 7.80. The van der Waals surface area contributed by atoms with Crippen LogP contribution in [-0.2, 0) is 0 Å². The Labute approximate surface area is 102 Å². The van der Waals surface area contributed by atoms with Crippen molar-refractivity contribution in [3.63, 3.8) is 0 Å². The largest absolute Gasteiger partial charge is 0.344 e. The van der Waals surface area contributed by atoms with E-state index in [1.807, 2.05) is 0 Å². The predicted octanol–water partition coefficient (Wildman–Crippen LogP) is 3.96. The average Bonchev–Trinajstić information content (AvgIpc) is 2.95. The van der Waals surface area contributed by atoms with Gasteiger partial charge in [0, 0.05) is 10.9 Å². The van der Waals surface area contributed by atoms with Crippen LogP contribution in [0.5, 0.6) is 0 Å². The van der Waals surface area contributed by atoms with Crippen LogP contribution in [0.1, 0.15) is 12.8 Å². The quantitative estimate of drug-likeness (QED) is 0.817. The zero-order valence-corrected chi connectivity index (χ0v) is 10.1. The fourth-order valence-electron chi connectivity index (χ4n) is 1.07. The molecule has 2 rings (SSSR count). The molecule has 80 valence electrons. The maximum atomic E-state index is 11.4. The van der Waals surface area contributed by atoms with Crippen LogP contribution < -0.4 is 5.32 Å². The van der Waals surface area contributed by atoms with E-state index >= 15 is 0 Å². The molecule has 0 saturated heterocycles. The summed E-state index contributed by atoms with van der Waals surface area (Å²) in [6.45, 7) is 0. The molecule has 1 aromatic carbocycles. The van der Waals surface area contributed by atoms with Crippen molar-refractivity contribution in [1.82, 2.24) is 5.32 Å². The minimum atomic E-state index is -0.0316. The van der Waals surface area contributed by atoms with Gasteiger partial charge in [-0.15, -0.1) is 0 Å². The summed E-state index contributed by atoms with van der Waals surface area (Å²) in [6.07, 6.45) is 2.18. The van der Waals surface area contributed by atoms with Gasteiger partial charge in [-0.05, 0) is 42.8 Å². The van der Waals surface area contributed by atoms with Crippen molar-refractivity contribution in [2.45, 2.75) is 23.8 Å². The molecule has 1 aliphatic rings. The van der Waals surface area contributed by atoms with Crippen LogP contribution in [-0.4, -0.2) is 11.3 Å². The predicted molar refractivity (Wildman–Crippen MR) is 63.9 cm³/mol. The minimum Gasteiger partial charge on any atom is -0.344 e. The number of rotatable bonds is 2. The van der Waals surface area contributed by atoms with E-state index in [4.69, 9.17) is 23.2 Å². The monoisotopic (exact) mass is 261 g/mol. The van der Waals surface area contributed by atoms with Crippen LogP contribution in [0.25, 0.3) is 0 Å². The van der Waals surface area contributed by atoms with Crippen molar-refractivity contribution >= 4 is 40.2 Å². The number of hydrogen-bond donors (Lipinski definition) is 1. The van der Waals surface area contributed by atoms with Crippen molar-refractivity contribution in [2.24, 2.45) is 0 Å². The molecule has 1 N–H and O–H groups in total. The summed E-state index contributed by atoms with van der Waals surface area (Å²) in [4.78, 5) is 12.2. The van der Waals surface area contributed by atoms with Crippen molar-refractivity contribution in [2.75, 3.05) is 0 Å². The molecular formula is C10H9Cl2NOS. The first-order chi connectivity index (χ1) is 7.15. The standard InChI is InChI=1S/C10H9Cl2NOS/c11-8-4-3-7(5-9(8)12)15-10(14)13-6-1-2-6/h3-6H,1-2H2,(H,13,14). The molecule has 0 aliphatic heterocycles. The second-order valence-electron chi connectivity index (χ2n) is 3.38. The topological polar surface area (TPSA) is 29.1 Å². The van der Waals surface area contributed by atoms with Gasteiger partial charge in [0.2, 0.25) is 0 Å². The maximum absolute atomic E-state index is 11.4. The smallest absolute Gasteiger partial charge is 0.284 e. The van der Waals surface area contributed by atoms with Gasteiger partial charge in [0.05, 0.1) is 10.0 Å². The van der Waals surface area contributed by atoms with Crippen molar-refractivity contribution in [3.8, 4) is 0 Å². The lowest BCUT2D eigenvalue weighted by Crippen LogP contribution is -2.20. The number of nitrogens with one attached hydrogen (secondary N) is 1. The summed E-state index contributed by atoms with van der Waals surface area (Å²) >= 11 is 12.7.